The fourth-order valence-corrected chi connectivity index (χ4v) is 4.12. The second kappa shape index (κ2) is 9.26. The molecule has 0 atom stereocenters. The summed E-state index contributed by atoms with van der Waals surface area (Å²) < 4.78 is 13.3. The SMILES string of the molecule is O=C(Nc1ccc(Oc2cc(-n3cccc3)ncn2)cc1)C1(c2ccccc2)CCOCC1. The van der Waals surface area contributed by atoms with Gasteiger partial charge in [-0.15, -0.1) is 0 Å². The van der Waals surface area contributed by atoms with Crippen LogP contribution in [0.25, 0.3) is 5.82 Å². The summed E-state index contributed by atoms with van der Waals surface area (Å²) in [6.45, 7) is 1.14. The highest BCUT2D eigenvalue weighted by molar-refractivity contribution is 5.99. The van der Waals surface area contributed by atoms with E-state index in [1.807, 2.05) is 83.7 Å². The second-order valence-corrected chi connectivity index (χ2v) is 7.95. The largest absolute Gasteiger partial charge is 0.439 e. The van der Waals surface area contributed by atoms with Crippen molar-refractivity contribution in [3.8, 4) is 17.4 Å². The number of nitrogens with zero attached hydrogens (tertiary/aromatic N) is 3. The summed E-state index contributed by atoms with van der Waals surface area (Å²) in [7, 11) is 0. The summed E-state index contributed by atoms with van der Waals surface area (Å²) >= 11 is 0. The van der Waals surface area contributed by atoms with E-state index in [1.165, 1.54) is 6.33 Å². The van der Waals surface area contributed by atoms with Gasteiger partial charge < -0.3 is 19.4 Å². The standard InChI is InChI=1S/C26H24N4O3/c31-25(26(12-16-32-17-13-26)20-6-2-1-3-7-20)29-21-8-10-22(11-9-21)33-24-18-23(27-19-28-24)30-14-4-5-15-30/h1-11,14-15,18-19H,12-13,16-17H2,(H,29,31). The van der Waals surface area contributed by atoms with E-state index in [0.717, 1.165) is 11.4 Å². The van der Waals surface area contributed by atoms with Gasteiger partial charge >= 0.3 is 0 Å². The number of amides is 1. The van der Waals surface area contributed by atoms with Gasteiger partial charge in [0.25, 0.3) is 0 Å². The van der Waals surface area contributed by atoms with Gasteiger partial charge in [-0.3, -0.25) is 4.79 Å². The fourth-order valence-electron chi connectivity index (χ4n) is 4.12. The first-order chi connectivity index (χ1) is 16.2. The predicted octanol–water partition coefficient (Wildman–Crippen LogP) is 4.75. The average molecular weight is 441 g/mol. The van der Waals surface area contributed by atoms with E-state index in [-0.39, 0.29) is 5.91 Å². The Balaban J connectivity index is 1.30. The summed E-state index contributed by atoms with van der Waals surface area (Å²) in [6.07, 6.45) is 6.59. The minimum atomic E-state index is -0.593. The normalized spacial score (nSPS) is 15.0. The zero-order valence-corrected chi connectivity index (χ0v) is 18.1. The van der Waals surface area contributed by atoms with Gasteiger partial charge in [0, 0.05) is 37.4 Å². The predicted molar refractivity (Wildman–Crippen MR) is 125 cm³/mol. The lowest BCUT2D eigenvalue weighted by atomic mass is 9.73. The quantitative estimate of drug-likeness (QED) is 0.468. The monoisotopic (exact) mass is 440 g/mol. The lowest BCUT2D eigenvalue weighted by Crippen LogP contribution is -2.44. The summed E-state index contributed by atoms with van der Waals surface area (Å²) in [5.74, 6) is 1.76. The summed E-state index contributed by atoms with van der Waals surface area (Å²) in [5, 5.41) is 3.09. The van der Waals surface area contributed by atoms with Crippen molar-refractivity contribution in [1.29, 1.82) is 0 Å². The molecule has 7 nitrogen and oxygen atoms in total. The highest BCUT2D eigenvalue weighted by Gasteiger charge is 2.41. The zero-order chi connectivity index (χ0) is 22.5. The van der Waals surface area contributed by atoms with Crippen LogP contribution in [0, 0.1) is 0 Å². The van der Waals surface area contributed by atoms with E-state index in [2.05, 4.69) is 15.3 Å². The molecule has 2 aromatic heterocycles. The van der Waals surface area contributed by atoms with Crippen LogP contribution in [0.15, 0.2) is 91.5 Å². The average Bonchev–Trinajstić information content (AvgIpc) is 3.42. The number of aromatic nitrogens is 3. The number of hydrogen-bond donors (Lipinski definition) is 1. The molecular weight excluding hydrogens is 416 g/mol. The van der Waals surface area contributed by atoms with Crippen LogP contribution < -0.4 is 10.1 Å². The maximum atomic E-state index is 13.4. The third-order valence-corrected chi connectivity index (χ3v) is 5.94. The van der Waals surface area contributed by atoms with Gasteiger partial charge in [0.1, 0.15) is 17.9 Å². The maximum Gasteiger partial charge on any atom is 0.235 e. The number of nitrogens with one attached hydrogen (secondary N) is 1. The van der Waals surface area contributed by atoms with Crippen LogP contribution in [0.3, 0.4) is 0 Å². The number of rotatable bonds is 6. The van der Waals surface area contributed by atoms with Gasteiger partial charge in [0.2, 0.25) is 11.8 Å². The fraction of sp³-hybridized carbons (Fsp3) is 0.192. The molecule has 0 unspecified atom stereocenters. The smallest absolute Gasteiger partial charge is 0.235 e. The van der Waals surface area contributed by atoms with E-state index < -0.39 is 5.41 Å². The van der Waals surface area contributed by atoms with Crippen molar-refractivity contribution < 1.29 is 14.3 Å². The molecule has 0 aliphatic carbocycles. The van der Waals surface area contributed by atoms with Gasteiger partial charge in [-0.2, -0.15) is 0 Å². The molecule has 7 heteroatoms. The van der Waals surface area contributed by atoms with Crippen LogP contribution in [0.4, 0.5) is 5.69 Å². The minimum Gasteiger partial charge on any atom is -0.439 e. The molecule has 0 bridgehead atoms. The number of hydrogen-bond acceptors (Lipinski definition) is 5. The van der Waals surface area contributed by atoms with E-state index in [1.54, 1.807) is 6.07 Å². The number of carbonyl (C=O) groups excluding carboxylic acids is 1. The Labute approximate surface area is 192 Å². The molecule has 1 fully saturated rings. The van der Waals surface area contributed by atoms with Crippen molar-refractivity contribution in [2.75, 3.05) is 18.5 Å². The molecule has 3 heterocycles. The molecule has 0 saturated carbocycles. The first-order valence-electron chi connectivity index (χ1n) is 10.9. The van der Waals surface area contributed by atoms with Crippen molar-refractivity contribution in [3.05, 3.63) is 97.1 Å². The summed E-state index contributed by atoms with van der Waals surface area (Å²) in [6, 6.07) is 22.9. The molecule has 1 aliphatic rings. The Kier molecular flexibility index (Phi) is 5.87. The maximum absolute atomic E-state index is 13.4. The second-order valence-electron chi connectivity index (χ2n) is 7.95. The summed E-state index contributed by atoms with van der Waals surface area (Å²) in [5.41, 5.74) is 1.14. The van der Waals surface area contributed by atoms with Gasteiger partial charge in [0.15, 0.2) is 0 Å². The topological polar surface area (TPSA) is 78.3 Å². The number of carbonyl (C=O) groups is 1. The third-order valence-electron chi connectivity index (χ3n) is 5.94. The molecule has 1 N–H and O–H groups in total. The molecule has 1 amide bonds. The van der Waals surface area contributed by atoms with Crippen molar-refractivity contribution in [2.45, 2.75) is 18.3 Å². The molecule has 1 saturated heterocycles. The van der Waals surface area contributed by atoms with E-state index in [9.17, 15) is 4.79 Å². The Morgan fingerprint density at radius 1 is 0.939 bits per heavy atom. The van der Waals surface area contributed by atoms with Gasteiger partial charge in [-0.1, -0.05) is 30.3 Å². The first kappa shape index (κ1) is 20.9. The van der Waals surface area contributed by atoms with Crippen LogP contribution >= 0.6 is 0 Å². The van der Waals surface area contributed by atoms with E-state index in [0.29, 0.717) is 43.4 Å². The van der Waals surface area contributed by atoms with Crippen LogP contribution in [-0.2, 0) is 14.9 Å². The zero-order valence-electron chi connectivity index (χ0n) is 18.1. The number of ether oxygens (including phenoxy) is 2. The Hall–Kier alpha value is -3.97. The number of anilines is 1. The molecule has 1 aliphatic heterocycles. The third kappa shape index (κ3) is 4.49. The van der Waals surface area contributed by atoms with Crippen LogP contribution in [0.1, 0.15) is 18.4 Å². The van der Waals surface area contributed by atoms with Crippen molar-refractivity contribution in [2.24, 2.45) is 0 Å². The van der Waals surface area contributed by atoms with Gasteiger partial charge in [0.05, 0.1) is 5.41 Å². The molecule has 4 aromatic rings. The lowest BCUT2D eigenvalue weighted by Gasteiger charge is -2.36. The Morgan fingerprint density at radius 2 is 1.67 bits per heavy atom. The molecule has 33 heavy (non-hydrogen) atoms. The molecule has 0 spiro atoms. The Bertz CT molecular complexity index is 1200. The molecule has 5 rings (SSSR count). The summed E-state index contributed by atoms with van der Waals surface area (Å²) in [4.78, 5) is 21.9. The van der Waals surface area contributed by atoms with Crippen molar-refractivity contribution in [3.63, 3.8) is 0 Å². The van der Waals surface area contributed by atoms with Crippen LogP contribution in [0.5, 0.6) is 11.6 Å². The molecule has 2 aromatic carbocycles. The lowest BCUT2D eigenvalue weighted by molar-refractivity contribution is -0.125. The highest BCUT2D eigenvalue weighted by atomic mass is 16.5. The van der Waals surface area contributed by atoms with E-state index >= 15 is 0 Å². The van der Waals surface area contributed by atoms with Crippen LogP contribution in [0.2, 0.25) is 0 Å². The molecule has 0 radical (unpaired) electrons. The minimum absolute atomic E-state index is 0.0159. The van der Waals surface area contributed by atoms with E-state index in [4.69, 9.17) is 9.47 Å². The van der Waals surface area contributed by atoms with Crippen molar-refractivity contribution >= 4 is 11.6 Å². The van der Waals surface area contributed by atoms with Crippen molar-refractivity contribution in [1.82, 2.24) is 14.5 Å². The highest BCUT2D eigenvalue weighted by Crippen LogP contribution is 2.36. The first-order valence-corrected chi connectivity index (χ1v) is 10.9. The van der Waals surface area contributed by atoms with Gasteiger partial charge in [-0.05, 0) is 54.8 Å². The molecular formula is C26H24N4O3. The molecule has 166 valence electrons. The Morgan fingerprint density at radius 3 is 2.39 bits per heavy atom. The van der Waals surface area contributed by atoms with Gasteiger partial charge in [-0.25, -0.2) is 9.97 Å². The van der Waals surface area contributed by atoms with Crippen LogP contribution in [-0.4, -0.2) is 33.7 Å². The number of benzene rings is 2.